The van der Waals surface area contributed by atoms with Crippen LogP contribution < -0.4 is 5.56 Å². The van der Waals surface area contributed by atoms with Gasteiger partial charge in [-0.05, 0) is 23.6 Å². The Kier molecular flexibility index (Phi) is 3.64. The zero-order valence-electron chi connectivity index (χ0n) is 9.66. The number of aryl methyl sites for hydroxylation is 1. The van der Waals surface area contributed by atoms with Crippen molar-refractivity contribution in [2.45, 2.75) is 19.2 Å². The molecule has 0 aliphatic heterocycles. The predicted octanol–water partition coefficient (Wildman–Crippen LogP) is 3.34. The largest absolute Gasteiger partial charge is 0.322 e. The molecule has 2 rings (SSSR count). The fourth-order valence-electron chi connectivity index (χ4n) is 1.70. The Bertz CT molecular complexity index is 557. The molecule has 0 radical (unpaired) electrons. The minimum absolute atomic E-state index is 0.114. The molecule has 0 atom stereocenters. The van der Waals surface area contributed by atoms with Crippen LogP contribution in [-0.2, 0) is 12.3 Å². The van der Waals surface area contributed by atoms with Crippen molar-refractivity contribution in [2.75, 3.05) is 0 Å². The Hall–Kier alpha value is -1.54. The molecule has 0 aliphatic rings. The highest BCUT2D eigenvalue weighted by Gasteiger charge is 2.02. The number of nitrogens with one attached hydrogen (secondary N) is 1. The lowest BCUT2D eigenvalue weighted by atomic mass is 10.1. The minimum Gasteiger partial charge on any atom is -0.322 e. The number of aromatic amines is 1. The number of alkyl halides is 1. The van der Waals surface area contributed by atoms with Gasteiger partial charge in [0.05, 0.1) is 5.88 Å². The van der Waals surface area contributed by atoms with Crippen LogP contribution in [0.1, 0.15) is 18.1 Å². The Balaban J connectivity index is 2.39. The van der Waals surface area contributed by atoms with E-state index in [0.29, 0.717) is 5.56 Å². The summed E-state index contributed by atoms with van der Waals surface area (Å²) in [5.41, 5.74) is 3.61. The summed E-state index contributed by atoms with van der Waals surface area (Å²) in [6.07, 6.45) is 1.02. The monoisotopic (exact) mass is 247 g/mol. The van der Waals surface area contributed by atoms with E-state index in [4.69, 9.17) is 11.6 Å². The molecule has 1 heterocycles. The summed E-state index contributed by atoms with van der Waals surface area (Å²) in [7, 11) is 0. The van der Waals surface area contributed by atoms with Crippen molar-refractivity contribution in [3.63, 3.8) is 0 Å². The van der Waals surface area contributed by atoms with Crippen LogP contribution in [-0.4, -0.2) is 4.98 Å². The number of rotatable bonds is 3. The molecular formula is C14H14ClNO. The second kappa shape index (κ2) is 5.19. The molecule has 2 nitrogen and oxygen atoms in total. The van der Waals surface area contributed by atoms with Crippen LogP contribution >= 0.6 is 11.6 Å². The van der Waals surface area contributed by atoms with Gasteiger partial charge >= 0.3 is 0 Å². The second-order valence-electron chi connectivity index (χ2n) is 3.91. The lowest BCUT2D eigenvalue weighted by Gasteiger charge is -2.04. The van der Waals surface area contributed by atoms with Crippen LogP contribution in [0.15, 0.2) is 41.2 Å². The van der Waals surface area contributed by atoms with E-state index in [1.807, 2.05) is 18.2 Å². The molecule has 0 saturated carbocycles. The van der Waals surface area contributed by atoms with Gasteiger partial charge in [-0.15, -0.1) is 11.6 Å². The summed E-state index contributed by atoms with van der Waals surface area (Å²) in [4.78, 5) is 14.5. The molecule has 1 N–H and O–H groups in total. The molecule has 0 bridgehead atoms. The maximum atomic E-state index is 11.6. The lowest BCUT2D eigenvalue weighted by molar-refractivity contribution is 1.14. The highest BCUT2D eigenvalue weighted by atomic mass is 35.5. The summed E-state index contributed by atoms with van der Waals surface area (Å²) in [6.45, 7) is 2.12. The highest BCUT2D eigenvalue weighted by Crippen LogP contribution is 2.17. The second-order valence-corrected chi connectivity index (χ2v) is 4.18. The topological polar surface area (TPSA) is 32.9 Å². The van der Waals surface area contributed by atoms with Crippen LogP contribution in [0, 0.1) is 0 Å². The van der Waals surface area contributed by atoms with Gasteiger partial charge in [0.15, 0.2) is 0 Å². The van der Waals surface area contributed by atoms with Gasteiger partial charge in [-0.2, -0.15) is 0 Å². The van der Waals surface area contributed by atoms with Crippen molar-refractivity contribution in [1.29, 1.82) is 0 Å². The SMILES string of the molecule is CCc1ccc(-c2ccc(CCl)c(=O)[nH]2)cc1. The van der Waals surface area contributed by atoms with E-state index in [0.717, 1.165) is 17.7 Å². The fourth-order valence-corrected chi connectivity index (χ4v) is 1.91. The third kappa shape index (κ3) is 2.59. The first kappa shape index (κ1) is 11.9. The first-order chi connectivity index (χ1) is 8.24. The number of benzene rings is 1. The van der Waals surface area contributed by atoms with Gasteiger partial charge in [0.25, 0.3) is 5.56 Å². The first-order valence-corrected chi connectivity index (χ1v) is 6.15. The molecule has 0 fully saturated rings. The molecular weight excluding hydrogens is 234 g/mol. The van der Waals surface area contributed by atoms with Crippen molar-refractivity contribution in [1.82, 2.24) is 4.98 Å². The fraction of sp³-hybridized carbons (Fsp3) is 0.214. The van der Waals surface area contributed by atoms with Crippen LogP contribution in [0.3, 0.4) is 0 Å². The average Bonchev–Trinajstić information content (AvgIpc) is 2.39. The van der Waals surface area contributed by atoms with Crippen LogP contribution in [0.25, 0.3) is 11.3 Å². The Morgan fingerprint density at radius 3 is 2.35 bits per heavy atom. The Morgan fingerprint density at radius 1 is 1.12 bits per heavy atom. The summed E-state index contributed by atoms with van der Waals surface area (Å²) < 4.78 is 0. The quantitative estimate of drug-likeness (QED) is 0.829. The van der Waals surface area contributed by atoms with Crippen molar-refractivity contribution in [2.24, 2.45) is 0 Å². The van der Waals surface area contributed by atoms with Crippen molar-refractivity contribution in [3.8, 4) is 11.3 Å². The number of aromatic nitrogens is 1. The highest BCUT2D eigenvalue weighted by molar-refractivity contribution is 6.17. The van der Waals surface area contributed by atoms with E-state index in [-0.39, 0.29) is 11.4 Å². The zero-order valence-corrected chi connectivity index (χ0v) is 10.4. The standard InChI is InChI=1S/C14H14ClNO/c1-2-10-3-5-11(6-4-10)13-8-7-12(9-15)14(17)16-13/h3-8H,2,9H2,1H3,(H,16,17). The molecule has 88 valence electrons. The molecule has 1 aromatic heterocycles. The summed E-state index contributed by atoms with van der Waals surface area (Å²) in [5.74, 6) is 0.240. The molecule has 0 amide bonds. The molecule has 17 heavy (non-hydrogen) atoms. The van der Waals surface area contributed by atoms with Crippen LogP contribution in [0.2, 0.25) is 0 Å². The van der Waals surface area contributed by atoms with Crippen molar-refractivity contribution >= 4 is 11.6 Å². The number of hydrogen-bond donors (Lipinski definition) is 1. The van der Waals surface area contributed by atoms with Crippen molar-refractivity contribution < 1.29 is 0 Å². The maximum Gasteiger partial charge on any atom is 0.252 e. The van der Waals surface area contributed by atoms with Crippen LogP contribution in [0.4, 0.5) is 0 Å². The van der Waals surface area contributed by atoms with Gasteiger partial charge in [0.1, 0.15) is 0 Å². The Labute approximate surface area is 105 Å². The number of pyridine rings is 1. The third-order valence-electron chi connectivity index (χ3n) is 2.81. The van der Waals surface area contributed by atoms with Gasteiger partial charge < -0.3 is 4.98 Å². The summed E-state index contributed by atoms with van der Waals surface area (Å²) >= 11 is 5.65. The number of hydrogen-bond acceptors (Lipinski definition) is 1. The first-order valence-electron chi connectivity index (χ1n) is 5.62. The Morgan fingerprint density at radius 2 is 1.82 bits per heavy atom. The predicted molar refractivity (Wildman–Crippen MR) is 71.4 cm³/mol. The summed E-state index contributed by atoms with van der Waals surface area (Å²) in [6, 6.07) is 11.8. The average molecular weight is 248 g/mol. The third-order valence-corrected chi connectivity index (χ3v) is 3.10. The zero-order chi connectivity index (χ0) is 12.3. The number of halogens is 1. The normalized spacial score (nSPS) is 10.5. The van der Waals surface area contributed by atoms with Gasteiger partial charge in [0, 0.05) is 11.3 Å². The molecule has 0 saturated heterocycles. The van der Waals surface area contributed by atoms with Gasteiger partial charge in [-0.3, -0.25) is 4.79 Å². The molecule has 0 unspecified atom stereocenters. The van der Waals surface area contributed by atoms with E-state index in [2.05, 4.69) is 24.0 Å². The van der Waals surface area contributed by atoms with E-state index in [9.17, 15) is 4.79 Å². The number of H-pyrrole nitrogens is 1. The van der Waals surface area contributed by atoms with E-state index >= 15 is 0 Å². The van der Waals surface area contributed by atoms with Crippen LogP contribution in [0.5, 0.6) is 0 Å². The van der Waals surface area contributed by atoms with E-state index in [1.165, 1.54) is 5.56 Å². The minimum atomic E-state index is -0.114. The lowest BCUT2D eigenvalue weighted by Crippen LogP contribution is -2.11. The van der Waals surface area contributed by atoms with E-state index in [1.54, 1.807) is 6.07 Å². The van der Waals surface area contributed by atoms with Gasteiger partial charge in [0.2, 0.25) is 0 Å². The smallest absolute Gasteiger partial charge is 0.252 e. The van der Waals surface area contributed by atoms with Crippen molar-refractivity contribution in [3.05, 3.63) is 57.9 Å². The molecule has 0 spiro atoms. The molecule has 2 aromatic rings. The van der Waals surface area contributed by atoms with Gasteiger partial charge in [-0.1, -0.05) is 37.3 Å². The van der Waals surface area contributed by atoms with Gasteiger partial charge in [-0.25, -0.2) is 0 Å². The molecule has 1 aromatic carbocycles. The molecule has 0 aliphatic carbocycles. The summed E-state index contributed by atoms with van der Waals surface area (Å²) in [5, 5.41) is 0. The maximum absolute atomic E-state index is 11.6. The molecule has 3 heteroatoms. The van der Waals surface area contributed by atoms with E-state index < -0.39 is 0 Å².